The van der Waals surface area contributed by atoms with Crippen molar-refractivity contribution in [3.05, 3.63) is 36.2 Å². The topological polar surface area (TPSA) is 68.1 Å². The Morgan fingerprint density at radius 2 is 1.95 bits per heavy atom. The number of nitrogens with zero attached hydrogens (tertiary/aromatic N) is 3. The standard InChI is InChI=1S/C13H13F2N3O2/c1-13(14,15)8-20-12-16-6-5-11(18-12)10-4-2-3-9(7-19)17-10/h2-6,19H,7-8H2,1H3. The van der Waals surface area contributed by atoms with Crippen molar-refractivity contribution in [2.24, 2.45) is 0 Å². The van der Waals surface area contributed by atoms with Gasteiger partial charge in [-0.05, 0) is 18.2 Å². The molecule has 0 bridgehead atoms. The lowest BCUT2D eigenvalue weighted by Crippen LogP contribution is -2.21. The third kappa shape index (κ3) is 3.92. The fraction of sp³-hybridized carbons (Fsp3) is 0.308. The molecule has 0 aliphatic rings. The molecule has 1 N–H and O–H groups in total. The van der Waals surface area contributed by atoms with Crippen molar-refractivity contribution in [2.75, 3.05) is 6.61 Å². The number of aromatic nitrogens is 3. The van der Waals surface area contributed by atoms with Crippen LogP contribution in [0.4, 0.5) is 8.78 Å². The van der Waals surface area contributed by atoms with E-state index in [9.17, 15) is 8.78 Å². The lowest BCUT2D eigenvalue weighted by atomic mass is 10.2. The molecule has 2 rings (SSSR count). The fourth-order valence-corrected chi connectivity index (χ4v) is 1.45. The van der Waals surface area contributed by atoms with E-state index in [0.717, 1.165) is 6.92 Å². The highest BCUT2D eigenvalue weighted by Crippen LogP contribution is 2.18. The second kappa shape index (κ2) is 5.87. The van der Waals surface area contributed by atoms with Gasteiger partial charge in [-0.3, -0.25) is 0 Å². The zero-order valence-electron chi connectivity index (χ0n) is 10.8. The Morgan fingerprint density at radius 1 is 1.20 bits per heavy atom. The molecule has 0 unspecified atom stereocenters. The maximum absolute atomic E-state index is 12.7. The summed E-state index contributed by atoms with van der Waals surface area (Å²) in [6, 6.07) is 6.52. The van der Waals surface area contributed by atoms with E-state index in [1.165, 1.54) is 6.20 Å². The number of alkyl halides is 2. The minimum atomic E-state index is -2.95. The van der Waals surface area contributed by atoms with Gasteiger partial charge in [0.25, 0.3) is 5.92 Å². The Balaban J connectivity index is 2.20. The summed E-state index contributed by atoms with van der Waals surface area (Å²) in [5.41, 5.74) is 1.43. The van der Waals surface area contributed by atoms with Crippen LogP contribution in [0.25, 0.3) is 11.4 Å². The van der Waals surface area contributed by atoms with Crippen LogP contribution < -0.4 is 4.74 Å². The predicted octanol–water partition coefficient (Wildman–Crippen LogP) is 2.06. The third-order valence-electron chi connectivity index (χ3n) is 2.32. The van der Waals surface area contributed by atoms with Gasteiger partial charge in [-0.25, -0.2) is 18.7 Å². The van der Waals surface area contributed by atoms with Crippen molar-refractivity contribution in [1.82, 2.24) is 15.0 Å². The molecule has 0 spiro atoms. The third-order valence-corrected chi connectivity index (χ3v) is 2.32. The van der Waals surface area contributed by atoms with Crippen molar-refractivity contribution in [1.29, 1.82) is 0 Å². The summed E-state index contributed by atoms with van der Waals surface area (Å²) in [6.45, 7) is -0.228. The highest BCUT2D eigenvalue weighted by Gasteiger charge is 2.22. The van der Waals surface area contributed by atoms with Gasteiger partial charge >= 0.3 is 6.01 Å². The van der Waals surface area contributed by atoms with Crippen LogP contribution in [-0.4, -0.2) is 32.6 Å². The van der Waals surface area contributed by atoms with E-state index in [4.69, 9.17) is 9.84 Å². The van der Waals surface area contributed by atoms with E-state index in [1.54, 1.807) is 24.3 Å². The van der Waals surface area contributed by atoms with Gasteiger partial charge in [-0.1, -0.05) is 6.07 Å². The average Bonchev–Trinajstić information content (AvgIpc) is 2.45. The van der Waals surface area contributed by atoms with Crippen molar-refractivity contribution in [3.63, 3.8) is 0 Å². The average molecular weight is 281 g/mol. The number of halogens is 2. The first-order chi connectivity index (χ1) is 9.48. The van der Waals surface area contributed by atoms with Gasteiger partial charge in [0.1, 0.15) is 0 Å². The summed E-state index contributed by atoms with van der Waals surface area (Å²) in [5, 5.41) is 9.03. The van der Waals surface area contributed by atoms with Gasteiger partial charge in [-0.2, -0.15) is 4.98 Å². The van der Waals surface area contributed by atoms with Crippen molar-refractivity contribution >= 4 is 0 Å². The molecule has 2 aromatic rings. The van der Waals surface area contributed by atoms with Crippen LogP contribution >= 0.6 is 0 Å². The fourth-order valence-electron chi connectivity index (χ4n) is 1.45. The number of hydrogen-bond acceptors (Lipinski definition) is 5. The Morgan fingerprint density at radius 3 is 2.65 bits per heavy atom. The molecule has 2 heterocycles. The molecule has 106 valence electrons. The largest absolute Gasteiger partial charge is 0.457 e. The van der Waals surface area contributed by atoms with Gasteiger partial charge in [0.05, 0.1) is 23.7 Å². The molecule has 0 atom stereocenters. The van der Waals surface area contributed by atoms with Crippen LogP contribution in [0.1, 0.15) is 12.6 Å². The number of hydrogen-bond donors (Lipinski definition) is 1. The molecule has 0 aliphatic carbocycles. The van der Waals surface area contributed by atoms with Crippen molar-refractivity contribution < 1.29 is 18.6 Å². The highest BCUT2D eigenvalue weighted by molar-refractivity contribution is 5.53. The summed E-state index contributed by atoms with van der Waals surface area (Å²) in [4.78, 5) is 11.9. The van der Waals surface area contributed by atoms with Crippen molar-refractivity contribution in [3.8, 4) is 17.4 Å². The van der Waals surface area contributed by atoms with Gasteiger partial charge in [0.2, 0.25) is 0 Å². The van der Waals surface area contributed by atoms with Crippen LogP contribution in [0.5, 0.6) is 6.01 Å². The van der Waals surface area contributed by atoms with Crippen LogP contribution in [0.3, 0.4) is 0 Å². The number of aliphatic hydroxyl groups excluding tert-OH is 1. The second-order valence-corrected chi connectivity index (χ2v) is 4.26. The molecule has 0 saturated heterocycles. The molecule has 0 saturated carbocycles. The van der Waals surface area contributed by atoms with Crippen molar-refractivity contribution in [2.45, 2.75) is 19.5 Å². The number of ether oxygens (including phenoxy) is 1. The van der Waals surface area contributed by atoms with E-state index in [-0.39, 0.29) is 12.6 Å². The molecule has 7 heteroatoms. The molecule has 20 heavy (non-hydrogen) atoms. The Bertz CT molecular complexity index is 588. The van der Waals surface area contributed by atoms with Gasteiger partial charge in [0.15, 0.2) is 6.61 Å². The number of pyridine rings is 1. The van der Waals surface area contributed by atoms with Gasteiger partial charge < -0.3 is 9.84 Å². The molecule has 0 radical (unpaired) electrons. The Kier molecular flexibility index (Phi) is 4.19. The van der Waals surface area contributed by atoms with E-state index in [2.05, 4.69) is 15.0 Å². The zero-order chi connectivity index (χ0) is 14.6. The minimum Gasteiger partial charge on any atom is -0.457 e. The Labute approximate surface area is 114 Å². The molecule has 0 amide bonds. The summed E-state index contributed by atoms with van der Waals surface area (Å²) in [5.74, 6) is -2.95. The Hall–Kier alpha value is -2.15. The van der Waals surface area contributed by atoms with Crippen LogP contribution in [0.15, 0.2) is 30.5 Å². The molecular weight excluding hydrogens is 268 g/mol. The molecule has 0 aromatic carbocycles. The summed E-state index contributed by atoms with van der Waals surface area (Å²) < 4.78 is 30.3. The summed E-state index contributed by atoms with van der Waals surface area (Å²) >= 11 is 0. The number of rotatable bonds is 5. The van der Waals surface area contributed by atoms with E-state index < -0.39 is 12.5 Å². The molecule has 0 fully saturated rings. The highest BCUT2D eigenvalue weighted by atomic mass is 19.3. The molecular formula is C13H13F2N3O2. The normalized spacial score (nSPS) is 11.4. The lowest BCUT2D eigenvalue weighted by Gasteiger charge is -2.10. The quantitative estimate of drug-likeness (QED) is 0.908. The second-order valence-electron chi connectivity index (χ2n) is 4.26. The first-order valence-electron chi connectivity index (χ1n) is 5.89. The molecule has 0 aliphatic heterocycles. The minimum absolute atomic E-state index is 0.139. The maximum atomic E-state index is 12.7. The smallest absolute Gasteiger partial charge is 0.317 e. The molecule has 2 aromatic heterocycles. The monoisotopic (exact) mass is 281 g/mol. The summed E-state index contributed by atoms with van der Waals surface area (Å²) in [6.07, 6.45) is 1.40. The SMILES string of the molecule is CC(F)(F)COc1nccc(-c2cccc(CO)n2)n1. The zero-order valence-corrected chi connectivity index (χ0v) is 10.8. The van der Waals surface area contributed by atoms with Crippen LogP contribution in [-0.2, 0) is 6.61 Å². The predicted molar refractivity (Wildman–Crippen MR) is 67.3 cm³/mol. The maximum Gasteiger partial charge on any atom is 0.317 e. The molecule has 5 nitrogen and oxygen atoms in total. The summed E-state index contributed by atoms with van der Waals surface area (Å²) in [7, 11) is 0. The van der Waals surface area contributed by atoms with E-state index >= 15 is 0 Å². The van der Waals surface area contributed by atoms with E-state index in [0.29, 0.717) is 17.1 Å². The van der Waals surface area contributed by atoms with Gasteiger partial charge in [-0.15, -0.1) is 0 Å². The van der Waals surface area contributed by atoms with Crippen LogP contribution in [0.2, 0.25) is 0 Å². The first-order valence-corrected chi connectivity index (χ1v) is 5.89. The van der Waals surface area contributed by atoms with Gasteiger partial charge in [0, 0.05) is 13.1 Å². The lowest BCUT2D eigenvalue weighted by molar-refractivity contribution is -0.0256. The van der Waals surface area contributed by atoms with E-state index in [1.807, 2.05) is 0 Å². The van der Waals surface area contributed by atoms with Crippen LogP contribution in [0, 0.1) is 0 Å². The first kappa shape index (κ1) is 14.3. The number of aliphatic hydroxyl groups is 1.